The Labute approximate surface area is 96.0 Å². The van der Waals surface area contributed by atoms with Crippen LogP contribution in [0.4, 0.5) is 4.39 Å². The molecular formula is C11H11BrFNO. The fourth-order valence-electron chi connectivity index (χ4n) is 1.97. The number of carbonyl (C=O) groups is 1. The number of amides is 1. The van der Waals surface area contributed by atoms with Gasteiger partial charge >= 0.3 is 0 Å². The third-order valence-electron chi connectivity index (χ3n) is 2.74. The average molecular weight is 272 g/mol. The van der Waals surface area contributed by atoms with E-state index in [1.165, 1.54) is 0 Å². The average Bonchev–Trinajstić information content (AvgIpc) is 2.70. The molecular weight excluding hydrogens is 261 g/mol. The van der Waals surface area contributed by atoms with Crippen LogP contribution in [0.2, 0.25) is 0 Å². The van der Waals surface area contributed by atoms with Gasteiger partial charge in [-0.3, -0.25) is 4.79 Å². The highest BCUT2D eigenvalue weighted by Gasteiger charge is 2.22. The van der Waals surface area contributed by atoms with Crippen LogP contribution in [0.5, 0.6) is 0 Å². The van der Waals surface area contributed by atoms with Crippen LogP contribution >= 0.6 is 15.9 Å². The number of carbonyl (C=O) groups excluding carboxylic acids is 1. The van der Waals surface area contributed by atoms with Crippen molar-refractivity contribution in [2.75, 3.05) is 7.05 Å². The molecule has 0 radical (unpaired) electrons. The second-order valence-electron chi connectivity index (χ2n) is 3.62. The molecule has 0 saturated carbocycles. The summed E-state index contributed by atoms with van der Waals surface area (Å²) in [6.45, 7) is 0. The van der Waals surface area contributed by atoms with Crippen molar-refractivity contribution in [3.8, 4) is 0 Å². The topological polar surface area (TPSA) is 29.1 Å². The summed E-state index contributed by atoms with van der Waals surface area (Å²) in [5.41, 5.74) is 2.11. The highest BCUT2D eigenvalue weighted by Crippen LogP contribution is 2.32. The molecule has 0 spiro atoms. The lowest BCUT2D eigenvalue weighted by Crippen LogP contribution is -2.19. The Kier molecular flexibility index (Phi) is 2.78. The zero-order valence-electron chi connectivity index (χ0n) is 8.36. The number of rotatable bonds is 1. The minimum absolute atomic E-state index is 0.254. The molecule has 80 valence electrons. The van der Waals surface area contributed by atoms with Crippen LogP contribution in [0.3, 0.4) is 0 Å². The van der Waals surface area contributed by atoms with Crippen LogP contribution in [-0.4, -0.2) is 13.0 Å². The minimum atomic E-state index is -0.274. The van der Waals surface area contributed by atoms with Gasteiger partial charge in [0.2, 0.25) is 0 Å². The van der Waals surface area contributed by atoms with Crippen LogP contribution in [0.25, 0.3) is 0 Å². The Balaban J connectivity index is 2.59. The summed E-state index contributed by atoms with van der Waals surface area (Å²) in [5.74, 6) is -0.529. The van der Waals surface area contributed by atoms with Gasteiger partial charge in [0.05, 0.1) is 10.0 Å². The number of halogens is 2. The van der Waals surface area contributed by atoms with Crippen molar-refractivity contribution in [3.05, 3.63) is 33.0 Å². The smallest absolute Gasteiger partial charge is 0.252 e. The number of aryl methyl sites for hydroxylation is 1. The quantitative estimate of drug-likeness (QED) is 0.835. The van der Waals surface area contributed by atoms with Crippen LogP contribution < -0.4 is 5.32 Å². The van der Waals surface area contributed by atoms with Crippen molar-refractivity contribution >= 4 is 21.8 Å². The summed E-state index contributed by atoms with van der Waals surface area (Å²) < 4.78 is 14.1. The van der Waals surface area contributed by atoms with Gasteiger partial charge in [0, 0.05) is 7.05 Å². The van der Waals surface area contributed by atoms with E-state index in [0.717, 1.165) is 30.4 Å². The molecule has 0 unspecified atom stereocenters. The van der Waals surface area contributed by atoms with Crippen molar-refractivity contribution in [1.29, 1.82) is 0 Å². The normalized spacial score (nSPS) is 13.8. The predicted molar refractivity (Wildman–Crippen MR) is 59.5 cm³/mol. The van der Waals surface area contributed by atoms with E-state index in [4.69, 9.17) is 0 Å². The van der Waals surface area contributed by atoms with E-state index >= 15 is 0 Å². The summed E-state index contributed by atoms with van der Waals surface area (Å²) in [5, 5.41) is 2.50. The van der Waals surface area contributed by atoms with Gasteiger partial charge in [-0.25, -0.2) is 4.39 Å². The summed E-state index contributed by atoms with van der Waals surface area (Å²) in [7, 11) is 1.54. The van der Waals surface area contributed by atoms with Crippen molar-refractivity contribution in [2.45, 2.75) is 19.3 Å². The zero-order chi connectivity index (χ0) is 11.0. The molecule has 1 aromatic carbocycles. The first-order valence-electron chi connectivity index (χ1n) is 4.87. The van der Waals surface area contributed by atoms with E-state index in [1.807, 2.05) is 0 Å². The lowest BCUT2D eigenvalue weighted by molar-refractivity contribution is 0.0961. The molecule has 2 rings (SSSR count). The van der Waals surface area contributed by atoms with E-state index in [1.54, 1.807) is 13.1 Å². The van der Waals surface area contributed by atoms with Crippen LogP contribution in [0, 0.1) is 5.82 Å². The molecule has 0 saturated heterocycles. The molecule has 1 aromatic rings. The fraction of sp³-hybridized carbons (Fsp3) is 0.364. The summed E-state index contributed by atoms with van der Waals surface area (Å²) in [6.07, 6.45) is 2.60. The van der Waals surface area contributed by atoms with Crippen LogP contribution in [0.1, 0.15) is 27.9 Å². The molecule has 1 amide bonds. The molecule has 15 heavy (non-hydrogen) atoms. The second-order valence-corrected chi connectivity index (χ2v) is 4.42. The molecule has 1 N–H and O–H groups in total. The third kappa shape index (κ3) is 1.67. The van der Waals surface area contributed by atoms with Gasteiger partial charge in [-0.2, -0.15) is 0 Å². The van der Waals surface area contributed by atoms with Crippen LogP contribution in [-0.2, 0) is 12.8 Å². The first kappa shape index (κ1) is 10.6. The first-order chi connectivity index (χ1) is 7.15. The maximum atomic E-state index is 13.8. The van der Waals surface area contributed by atoms with E-state index < -0.39 is 0 Å². The summed E-state index contributed by atoms with van der Waals surface area (Å²) in [4.78, 5) is 11.5. The standard InChI is InChI=1S/C11H11BrFNO/c1-14-11(15)8-5-6-3-2-4-7(6)10(13)9(8)12/h5H,2-4H2,1H3,(H,14,15). The van der Waals surface area contributed by atoms with E-state index in [0.29, 0.717) is 5.56 Å². The highest BCUT2D eigenvalue weighted by molar-refractivity contribution is 9.10. The Morgan fingerprint density at radius 3 is 2.93 bits per heavy atom. The maximum Gasteiger partial charge on any atom is 0.252 e. The number of nitrogens with one attached hydrogen (secondary N) is 1. The van der Waals surface area contributed by atoms with Gasteiger partial charge in [0.25, 0.3) is 5.91 Å². The largest absolute Gasteiger partial charge is 0.355 e. The fourth-order valence-corrected chi connectivity index (χ4v) is 2.50. The van der Waals surface area contributed by atoms with Crippen molar-refractivity contribution in [1.82, 2.24) is 5.32 Å². The Morgan fingerprint density at radius 1 is 1.53 bits per heavy atom. The molecule has 1 aliphatic carbocycles. The Morgan fingerprint density at radius 2 is 2.27 bits per heavy atom. The number of fused-ring (bicyclic) bond motifs is 1. The molecule has 0 aliphatic heterocycles. The highest BCUT2D eigenvalue weighted by atomic mass is 79.9. The van der Waals surface area contributed by atoms with E-state index in [9.17, 15) is 9.18 Å². The Bertz CT molecular complexity index is 431. The lowest BCUT2D eigenvalue weighted by atomic mass is 10.1. The minimum Gasteiger partial charge on any atom is -0.355 e. The van der Waals surface area contributed by atoms with Crippen LogP contribution in [0.15, 0.2) is 10.5 Å². The Hall–Kier alpha value is -0.900. The summed E-state index contributed by atoms with van der Waals surface area (Å²) >= 11 is 3.14. The molecule has 4 heteroatoms. The molecule has 0 atom stereocenters. The molecule has 0 heterocycles. The second kappa shape index (κ2) is 3.93. The van der Waals surface area contributed by atoms with E-state index in [2.05, 4.69) is 21.2 Å². The lowest BCUT2D eigenvalue weighted by Gasteiger charge is -2.08. The molecule has 2 nitrogen and oxygen atoms in total. The molecule has 1 aliphatic rings. The number of benzene rings is 1. The molecule has 0 bridgehead atoms. The summed E-state index contributed by atoms with van der Waals surface area (Å²) in [6, 6.07) is 1.79. The van der Waals surface area contributed by atoms with Gasteiger partial charge in [0.15, 0.2) is 0 Å². The van der Waals surface area contributed by atoms with Crippen molar-refractivity contribution in [2.24, 2.45) is 0 Å². The van der Waals surface area contributed by atoms with Gasteiger partial charge in [-0.1, -0.05) is 0 Å². The monoisotopic (exact) mass is 271 g/mol. The van der Waals surface area contributed by atoms with Gasteiger partial charge in [-0.15, -0.1) is 0 Å². The number of hydrogen-bond acceptors (Lipinski definition) is 1. The van der Waals surface area contributed by atoms with Gasteiger partial charge < -0.3 is 5.32 Å². The SMILES string of the molecule is CNC(=O)c1cc2c(c(F)c1Br)CCC2. The first-order valence-corrected chi connectivity index (χ1v) is 5.66. The van der Waals surface area contributed by atoms with Gasteiger partial charge in [0.1, 0.15) is 5.82 Å². The van der Waals surface area contributed by atoms with Crippen molar-refractivity contribution in [3.63, 3.8) is 0 Å². The zero-order valence-corrected chi connectivity index (χ0v) is 9.95. The number of hydrogen-bond donors (Lipinski definition) is 1. The maximum absolute atomic E-state index is 13.8. The molecule has 0 fully saturated rings. The predicted octanol–water partition coefficient (Wildman–Crippen LogP) is 2.44. The molecule has 0 aromatic heterocycles. The van der Waals surface area contributed by atoms with Gasteiger partial charge in [-0.05, 0) is 52.4 Å². The van der Waals surface area contributed by atoms with E-state index in [-0.39, 0.29) is 16.2 Å². The van der Waals surface area contributed by atoms with Crippen molar-refractivity contribution < 1.29 is 9.18 Å². The third-order valence-corrected chi connectivity index (χ3v) is 3.52.